The molecule has 0 saturated heterocycles. The molecule has 0 atom stereocenters. The van der Waals surface area contributed by atoms with Gasteiger partial charge in [0.1, 0.15) is 5.82 Å². The van der Waals surface area contributed by atoms with Crippen LogP contribution in [0.5, 0.6) is 0 Å². The quantitative estimate of drug-likeness (QED) is 0.878. The maximum Gasteiger partial charge on any atom is 0.133 e. The molecule has 0 aliphatic carbocycles. The topological polar surface area (TPSA) is 28.2 Å². The van der Waals surface area contributed by atoms with E-state index in [1.807, 2.05) is 36.5 Å². The Kier molecular flexibility index (Phi) is 5.59. The first-order valence-electron chi connectivity index (χ1n) is 7.19. The van der Waals surface area contributed by atoms with E-state index in [0.717, 1.165) is 23.9 Å². The fourth-order valence-electron chi connectivity index (χ4n) is 2.16. The zero-order valence-electron chi connectivity index (χ0n) is 12.8. The molecule has 1 aromatic carbocycles. The van der Waals surface area contributed by atoms with Gasteiger partial charge in [0, 0.05) is 43.0 Å². The molecule has 1 aromatic heterocycles. The lowest BCUT2D eigenvalue weighted by molar-refractivity contribution is 0.587. The van der Waals surface area contributed by atoms with Crippen LogP contribution in [-0.2, 0) is 13.1 Å². The fourth-order valence-corrected chi connectivity index (χ4v) is 2.29. The van der Waals surface area contributed by atoms with Gasteiger partial charge in [-0.3, -0.25) is 0 Å². The van der Waals surface area contributed by atoms with Crippen molar-refractivity contribution in [2.24, 2.45) is 0 Å². The molecule has 0 aliphatic heterocycles. The number of benzene rings is 1. The summed E-state index contributed by atoms with van der Waals surface area (Å²) in [7, 11) is 2.07. The summed E-state index contributed by atoms with van der Waals surface area (Å²) in [5.74, 6) is 1.01. The second-order valence-corrected chi connectivity index (χ2v) is 5.94. The van der Waals surface area contributed by atoms with Crippen LogP contribution in [-0.4, -0.2) is 18.1 Å². The third kappa shape index (κ3) is 4.73. The van der Waals surface area contributed by atoms with Gasteiger partial charge in [-0.25, -0.2) is 4.98 Å². The van der Waals surface area contributed by atoms with Gasteiger partial charge < -0.3 is 10.2 Å². The Morgan fingerprint density at radius 2 is 1.90 bits per heavy atom. The van der Waals surface area contributed by atoms with E-state index in [1.54, 1.807) is 0 Å². The third-order valence-corrected chi connectivity index (χ3v) is 3.51. The molecule has 2 rings (SSSR count). The largest absolute Gasteiger partial charge is 0.355 e. The summed E-state index contributed by atoms with van der Waals surface area (Å²) in [6, 6.07) is 12.5. The molecule has 0 spiro atoms. The predicted molar refractivity (Wildman–Crippen MR) is 89.8 cm³/mol. The van der Waals surface area contributed by atoms with Crippen molar-refractivity contribution in [1.29, 1.82) is 0 Å². The highest BCUT2D eigenvalue weighted by molar-refractivity contribution is 6.30. The van der Waals surface area contributed by atoms with Gasteiger partial charge in [-0.05, 0) is 23.8 Å². The van der Waals surface area contributed by atoms with Crippen LogP contribution in [0, 0.1) is 0 Å². The summed E-state index contributed by atoms with van der Waals surface area (Å²) in [5, 5.41) is 4.21. The molecule has 4 heteroatoms. The van der Waals surface area contributed by atoms with Gasteiger partial charge in [-0.15, -0.1) is 0 Å². The molecule has 0 saturated carbocycles. The van der Waals surface area contributed by atoms with Crippen LogP contribution in [0.25, 0.3) is 0 Å². The summed E-state index contributed by atoms with van der Waals surface area (Å²) in [6.07, 6.45) is 1.84. The normalized spacial score (nSPS) is 10.9. The third-order valence-electron chi connectivity index (χ3n) is 3.26. The maximum atomic E-state index is 5.93. The van der Waals surface area contributed by atoms with Crippen LogP contribution >= 0.6 is 11.6 Å². The minimum atomic E-state index is 0.458. The fraction of sp³-hybridized carbons (Fsp3) is 0.353. The lowest BCUT2D eigenvalue weighted by atomic mass is 10.2. The lowest BCUT2D eigenvalue weighted by Crippen LogP contribution is -2.25. The Morgan fingerprint density at radius 3 is 2.57 bits per heavy atom. The van der Waals surface area contributed by atoms with Crippen molar-refractivity contribution in [3.05, 3.63) is 58.7 Å². The monoisotopic (exact) mass is 303 g/mol. The number of rotatable bonds is 6. The van der Waals surface area contributed by atoms with E-state index in [4.69, 9.17) is 11.6 Å². The van der Waals surface area contributed by atoms with E-state index in [-0.39, 0.29) is 0 Å². The number of hydrogen-bond acceptors (Lipinski definition) is 3. The van der Waals surface area contributed by atoms with Crippen molar-refractivity contribution in [1.82, 2.24) is 10.3 Å². The van der Waals surface area contributed by atoms with Crippen LogP contribution in [0.1, 0.15) is 25.0 Å². The molecular weight excluding hydrogens is 282 g/mol. The summed E-state index contributed by atoms with van der Waals surface area (Å²) in [5.41, 5.74) is 2.43. The molecule has 1 N–H and O–H groups in total. The van der Waals surface area contributed by atoms with E-state index in [2.05, 4.69) is 42.2 Å². The van der Waals surface area contributed by atoms with Gasteiger partial charge in [0.15, 0.2) is 0 Å². The van der Waals surface area contributed by atoms with Crippen LogP contribution in [0.3, 0.4) is 0 Å². The summed E-state index contributed by atoms with van der Waals surface area (Å²) in [4.78, 5) is 6.70. The van der Waals surface area contributed by atoms with E-state index in [9.17, 15) is 0 Å². The Bertz CT molecular complexity index is 567. The highest BCUT2D eigenvalue weighted by atomic mass is 35.5. The molecule has 0 aliphatic rings. The van der Waals surface area contributed by atoms with Crippen LogP contribution in [0.4, 0.5) is 5.82 Å². The van der Waals surface area contributed by atoms with Crippen molar-refractivity contribution >= 4 is 17.4 Å². The van der Waals surface area contributed by atoms with Gasteiger partial charge in [-0.1, -0.05) is 43.6 Å². The molecule has 0 amide bonds. The smallest absolute Gasteiger partial charge is 0.133 e. The number of hydrogen-bond donors (Lipinski definition) is 1. The number of nitrogens with one attached hydrogen (secondary N) is 1. The van der Waals surface area contributed by atoms with Crippen molar-refractivity contribution in [3.8, 4) is 0 Å². The van der Waals surface area contributed by atoms with Gasteiger partial charge in [0.05, 0.1) is 0 Å². The molecule has 3 nitrogen and oxygen atoms in total. The number of halogens is 1. The molecule has 21 heavy (non-hydrogen) atoms. The number of aromatic nitrogens is 1. The minimum Gasteiger partial charge on any atom is -0.355 e. The SMILES string of the molecule is CC(C)NCc1cccnc1N(C)Cc1ccc(Cl)cc1. The molecule has 0 radical (unpaired) electrons. The van der Waals surface area contributed by atoms with Crippen molar-refractivity contribution in [2.45, 2.75) is 33.0 Å². The van der Waals surface area contributed by atoms with Gasteiger partial charge >= 0.3 is 0 Å². The van der Waals surface area contributed by atoms with Crippen molar-refractivity contribution in [3.63, 3.8) is 0 Å². The molecule has 1 heterocycles. The van der Waals surface area contributed by atoms with Crippen molar-refractivity contribution < 1.29 is 0 Å². The predicted octanol–water partition coefficient (Wildman–Crippen LogP) is 3.87. The highest BCUT2D eigenvalue weighted by Crippen LogP contribution is 2.19. The van der Waals surface area contributed by atoms with E-state index in [1.165, 1.54) is 11.1 Å². The van der Waals surface area contributed by atoms with E-state index in [0.29, 0.717) is 6.04 Å². The van der Waals surface area contributed by atoms with Crippen LogP contribution in [0.2, 0.25) is 5.02 Å². The summed E-state index contributed by atoms with van der Waals surface area (Å²) < 4.78 is 0. The van der Waals surface area contributed by atoms with E-state index >= 15 is 0 Å². The van der Waals surface area contributed by atoms with Gasteiger partial charge in [0.2, 0.25) is 0 Å². The molecule has 0 bridgehead atoms. The lowest BCUT2D eigenvalue weighted by Gasteiger charge is -2.22. The molecule has 0 fully saturated rings. The Balaban J connectivity index is 2.11. The first-order chi connectivity index (χ1) is 10.1. The zero-order chi connectivity index (χ0) is 15.2. The second kappa shape index (κ2) is 7.43. The number of nitrogens with zero attached hydrogens (tertiary/aromatic N) is 2. The van der Waals surface area contributed by atoms with Crippen LogP contribution < -0.4 is 10.2 Å². The minimum absolute atomic E-state index is 0.458. The summed E-state index contributed by atoms with van der Waals surface area (Å²) in [6.45, 7) is 5.93. The van der Waals surface area contributed by atoms with Gasteiger partial charge in [-0.2, -0.15) is 0 Å². The first-order valence-corrected chi connectivity index (χ1v) is 7.57. The summed E-state index contributed by atoms with van der Waals surface area (Å²) >= 11 is 5.93. The molecule has 0 unspecified atom stereocenters. The van der Waals surface area contributed by atoms with Crippen LogP contribution in [0.15, 0.2) is 42.6 Å². The molecule has 2 aromatic rings. The number of anilines is 1. The Hall–Kier alpha value is -1.58. The molecule has 112 valence electrons. The maximum absolute atomic E-state index is 5.93. The van der Waals surface area contributed by atoms with Gasteiger partial charge in [0.25, 0.3) is 0 Å². The Morgan fingerprint density at radius 1 is 1.19 bits per heavy atom. The average Bonchev–Trinajstić information content (AvgIpc) is 2.47. The van der Waals surface area contributed by atoms with Crippen molar-refractivity contribution in [2.75, 3.05) is 11.9 Å². The number of pyridine rings is 1. The average molecular weight is 304 g/mol. The first kappa shape index (κ1) is 15.8. The second-order valence-electron chi connectivity index (χ2n) is 5.50. The highest BCUT2D eigenvalue weighted by Gasteiger charge is 2.09. The molecular formula is C17H22ClN3. The van der Waals surface area contributed by atoms with E-state index < -0.39 is 0 Å². The Labute approximate surface area is 132 Å². The standard InChI is InChI=1S/C17H22ClN3/c1-13(2)20-11-15-5-4-10-19-17(15)21(3)12-14-6-8-16(18)9-7-14/h4-10,13,20H,11-12H2,1-3H3. The zero-order valence-corrected chi connectivity index (χ0v) is 13.6.